The van der Waals surface area contributed by atoms with Crippen LogP contribution in [0, 0.1) is 6.92 Å². The van der Waals surface area contributed by atoms with Gasteiger partial charge in [-0.05, 0) is 31.9 Å². The Morgan fingerprint density at radius 1 is 1.28 bits per heavy atom. The summed E-state index contributed by atoms with van der Waals surface area (Å²) in [6, 6.07) is 7.80. The van der Waals surface area contributed by atoms with Crippen molar-refractivity contribution in [3.8, 4) is 0 Å². The van der Waals surface area contributed by atoms with Crippen LogP contribution in [0.1, 0.15) is 24.8 Å². The number of benzene rings is 1. The number of hydrogen-bond acceptors (Lipinski definition) is 3. The number of aryl methyl sites for hydroxylation is 1. The highest BCUT2D eigenvalue weighted by Gasteiger charge is 2.38. The van der Waals surface area contributed by atoms with Gasteiger partial charge in [-0.15, -0.1) is 0 Å². The molecule has 1 aromatic carbocycles. The van der Waals surface area contributed by atoms with Crippen molar-refractivity contribution in [3.63, 3.8) is 0 Å². The maximum Gasteiger partial charge on any atom is 0.329 e. The number of ether oxygens (including phenoxy) is 1. The minimum Gasteiger partial charge on any atom is -0.480 e. The molecule has 0 saturated carbocycles. The van der Waals surface area contributed by atoms with E-state index in [4.69, 9.17) is 4.74 Å². The van der Waals surface area contributed by atoms with Crippen LogP contribution in [0.25, 0.3) is 0 Å². The van der Waals surface area contributed by atoms with E-state index < -0.39 is 11.5 Å². The largest absolute Gasteiger partial charge is 0.480 e. The molecule has 1 atom stereocenters. The summed E-state index contributed by atoms with van der Waals surface area (Å²) in [6.45, 7) is 3.14. The highest BCUT2D eigenvalue weighted by Crippen LogP contribution is 2.27. The zero-order valence-electron chi connectivity index (χ0n) is 10.6. The van der Waals surface area contributed by atoms with Gasteiger partial charge in [-0.1, -0.05) is 17.7 Å². The third-order valence-electron chi connectivity index (χ3n) is 3.41. The Morgan fingerprint density at radius 2 is 2.00 bits per heavy atom. The topological polar surface area (TPSA) is 58.6 Å². The number of nitrogens with one attached hydrogen (secondary N) is 1. The molecule has 0 amide bonds. The number of aliphatic carboxylic acids is 1. The zero-order valence-corrected chi connectivity index (χ0v) is 10.6. The van der Waals surface area contributed by atoms with E-state index in [0.717, 1.165) is 17.7 Å². The Morgan fingerprint density at radius 3 is 2.67 bits per heavy atom. The van der Waals surface area contributed by atoms with Crippen LogP contribution in [0.3, 0.4) is 0 Å². The molecule has 4 heteroatoms. The lowest BCUT2D eigenvalue weighted by Gasteiger charge is -2.30. The van der Waals surface area contributed by atoms with Gasteiger partial charge in [0.15, 0.2) is 0 Å². The van der Waals surface area contributed by atoms with Crippen molar-refractivity contribution in [2.24, 2.45) is 0 Å². The number of carboxylic acid groups (broad SMARTS) is 1. The first kappa shape index (κ1) is 12.9. The molecule has 0 aromatic heterocycles. The number of hydrogen-bond donors (Lipinski definition) is 2. The van der Waals surface area contributed by atoms with Gasteiger partial charge in [0.25, 0.3) is 0 Å². The molecule has 98 valence electrons. The average molecular weight is 249 g/mol. The molecule has 1 unspecified atom stereocenters. The van der Waals surface area contributed by atoms with Gasteiger partial charge in [0.2, 0.25) is 0 Å². The van der Waals surface area contributed by atoms with E-state index in [1.165, 1.54) is 0 Å². The molecule has 18 heavy (non-hydrogen) atoms. The Labute approximate surface area is 107 Å². The molecule has 1 heterocycles. The summed E-state index contributed by atoms with van der Waals surface area (Å²) in [5, 5.41) is 12.7. The predicted molar refractivity (Wildman–Crippen MR) is 69.8 cm³/mol. The summed E-state index contributed by atoms with van der Waals surface area (Å²) in [4.78, 5) is 11.6. The first-order chi connectivity index (χ1) is 8.62. The van der Waals surface area contributed by atoms with E-state index in [1.54, 1.807) is 0 Å². The first-order valence-corrected chi connectivity index (χ1v) is 6.28. The molecular formula is C14H19NO3. The zero-order chi connectivity index (χ0) is 13.0. The molecule has 1 aliphatic heterocycles. The van der Waals surface area contributed by atoms with Crippen molar-refractivity contribution >= 4 is 11.7 Å². The van der Waals surface area contributed by atoms with E-state index in [-0.39, 0.29) is 0 Å². The summed E-state index contributed by atoms with van der Waals surface area (Å²) < 4.78 is 5.35. The number of anilines is 1. The summed E-state index contributed by atoms with van der Waals surface area (Å²) in [5.41, 5.74) is 1.12. The third-order valence-corrected chi connectivity index (χ3v) is 3.41. The quantitative estimate of drug-likeness (QED) is 0.863. The fourth-order valence-electron chi connectivity index (χ4n) is 2.25. The summed E-state index contributed by atoms with van der Waals surface area (Å²) in [7, 11) is 0. The molecular weight excluding hydrogens is 230 g/mol. The monoisotopic (exact) mass is 249 g/mol. The van der Waals surface area contributed by atoms with Crippen LogP contribution in [0.15, 0.2) is 24.3 Å². The number of rotatable bonds is 3. The molecule has 2 N–H and O–H groups in total. The maximum atomic E-state index is 11.6. The lowest BCUT2D eigenvalue weighted by atomic mass is 9.90. The molecule has 0 spiro atoms. The molecule has 1 saturated heterocycles. The lowest BCUT2D eigenvalue weighted by molar-refractivity contribution is -0.142. The van der Waals surface area contributed by atoms with Crippen LogP contribution in [0.5, 0.6) is 0 Å². The summed E-state index contributed by atoms with van der Waals surface area (Å²) in [6.07, 6.45) is 1.86. The van der Waals surface area contributed by atoms with Gasteiger partial charge in [0, 0.05) is 25.3 Å². The second-order valence-corrected chi connectivity index (χ2v) is 4.84. The minimum atomic E-state index is -0.897. The van der Waals surface area contributed by atoms with Gasteiger partial charge in [-0.3, -0.25) is 0 Å². The van der Waals surface area contributed by atoms with Crippen molar-refractivity contribution < 1.29 is 14.6 Å². The molecule has 2 rings (SSSR count). The molecule has 0 radical (unpaired) electrons. The van der Waals surface area contributed by atoms with E-state index in [2.05, 4.69) is 5.32 Å². The highest BCUT2D eigenvalue weighted by molar-refractivity contribution is 5.82. The van der Waals surface area contributed by atoms with Crippen molar-refractivity contribution in [2.75, 3.05) is 18.5 Å². The molecule has 1 aliphatic rings. The maximum absolute atomic E-state index is 11.6. The van der Waals surface area contributed by atoms with E-state index in [9.17, 15) is 9.90 Å². The molecule has 1 aromatic rings. The Balaban J connectivity index is 2.19. The van der Waals surface area contributed by atoms with Gasteiger partial charge < -0.3 is 15.2 Å². The second-order valence-electron chi connectivity index (χ2n) is 4.84. The van der Waals surface area contributed by atoms with E-state index >= 15 is 0 Å². The summed E-state index contributed by atoms with van der Waals surface area (Å²) >= 11 is 0. The molecule has 0 bridgehead atoms. The molecule has 4 nitrogen and oxygen atoms in total. The van der Waals surface area contributed by atoms with Gasteiger partial charge in [0.1, 0.15) is 5.54 Å². The molecule has 1 fully saturated rings. The van der Waals surface area contributed by atoms with Crippen LogP contribution < -0.4 is 5.32 Å². The predicted octanol–water partition coefficient (Wildman–Crippen LogP) is 2.43. The SMILES string of the molecule is Cc1ccc(NC2(C(=O)O)CCCOCC2)cc1. The van der Waals surface area contributed by atoms with Crippen LogP contribution in [0.4, 0.5) is 5.69 Å². The van der Waals surface area contributed by atoms with Crippen molar-refractivity contribution in [1.29, 1.82) is 0 Å². The van der Waals surface area contributed by atoms with Crippen molar-refractivity contribution in [3.05, 3.63) is 29.8 Å². The van der Waals surface area contributed by atoms with E-state index in [0.29, 0.717) is 26.1 Å². The minimum absolute atomic E-state index is 0.491. The van der Waals surface area contributed by atoms with Crippen molar-refractivity contribution in [1.82, 2.24) is 0 Å². The Hall–Kier alpha value is -1.55. The normalized spacial score (nSPS) is 24.3. The standard InChI is InChI=1S/C14H19NO3/c1-11-3-5-12(6-4-11)15-14(13(16)17)7-2-9-18-10-8-14/h3-6,15H,2,7-10H2,1H3,(H,16,17). The molecule has 0 aliphatic carbocycles. The van der Waals surface area contributed by atoms with Gasteiger partial charge in [-0.2, -0.15) is 0 Å². The van der Waals surface area contributed by atoms with Gasteiger partial charge in [-0.25, -0.2) is 4.79 Å². The lowest BCUT2D eigenvalue weighted by Crippen LogP contribution is -2.46. The average Bonchev–Trinajstić information content (AvgIpc) is 2.59. The smallest absolute Gasteiger partial charge is 0.329 e. The fourth-order valence-corrected chi connectivity index (χ4v) is 2.25. The highest BCUT2D eigenvalue weighted by atomic mass is 16.5. The third kappa shape index (κ3) is 2.82. The van der Waals surface area contributed by atoms with E-state index in [1.807, 2.05) is 31.2 Å². The van der Waals surface area contributed by atoms with Crippen molar-refractivity contribution in [2.45, 2.75) is 31.7 Å². The van der Waals surface area contributed by atoms with Gasteiger partial charge >= 0.3 is 5.97 Å². The number of carboxylic acids is 1. The summed E-state index contributed by atoms with van der Waals surface area (Å²) in [5.74, 6) is -0.798. The second kappa shape index (κ2) is 5.40. The fraction of sp³-hybridized carbons (Fsp3) is 0.500. The van der Waals surface area contributed by atoms with Crippen LogP contribution in [-0.2, 0) is 9.53 Å². The first-order valence-electron chi connectivity index (χ1n) is 6.28. The van der Waals surface area contributed by atoms with Crippen LogP contribution in [-0.4, -0.2) is 29.8 Å². The Kier molecular flexibility index (Phi) is 3.87. The van der Waals surface area contributed by atoms with Crippen LogP contribution >= 0.6 is 0 Å². The Bertz CT molecular complexity index is 406. The number of carbonyl (C=O) groups is 1. The van der Waals surface area contributed by atoms with Gasteiger partial charge in [0.05, 0.1) is 0 Å². The van der Waals surface area contributed by atoms with Crippen LogP contribution in [0.2, 0.25) is 0 Å².